The molecule has 1 aromatic rings. The smallest absolute Gasteiger partial charge is 0.307 e. The average Bonchev–Trinajstić information content (AvgIpc) is 3.69. The van der Waals surface area contributed by atoms with Crippen molar-refractivity contribution < 1.29 is 19.1 Å². The van der Waals surface area contributed by atoms with E-state index in [1.165, 1.54) is 154 Å². The second-order valence-corrected chi connectivity index (χ2v) is 18.6. The molecule has 0 saturated heterocycles. The molecule has 0 aliphatic heterocycles. The molecule has 2 unspecified atom stereocenters. The molecule has 0 fully saturated rings. The van der Waals surface area contributed by atoms with Gasteiger partial charge in [-0.1, -0.05) is 182 Å². The zero-order valence-corrected chi connectivity index (χ0v) is 40.8. The number of hydrogen-bond donors (Lipinski definition) is 0. The first-order valence-corrected chi connectivity index (χ1v) is 26.1. The van der Waals surface area contributed by atoms with E-state index in [1.54, 1.807) is 0 Å². The lowest BCUT2D eigenvalue weighted by atomic mass is 10.0. The van der Waals surface area contributed by atoms with Crippen LogP contribution in [0, 0.1) is 0 Å². The quantitative estimate of drug-likeness (QED) is 0.0478. The Balaban J connectivity index is 2.86. The van der Waals surface area contributed by atoms with Crippen molar-refractivity contribution in [3.8, 4) is 0 Å². The molecule has 60 heavy (non-hydrogen) atoms. The highest BCUT2D eigenvalue weighted by atomic mass is 16.5. The number of unbranched alkanes of at least 4 members (excludes halogenated alkanes) is 24. The molecule has 8 nitrogen and oxygen atoms in total. The lowest BCUT2D eigenvalue weighted by Crippen LogP contribution is -2.31. The Kier molecular flexibility index (Phi) is 38.4. The van der Waals surface area contributed by atoms with Gasteiger partial charge in [0.05, 0.1) is 25.6 Å². The van der Waals surface area contributed by atoms with E-state index in [0.717, 1.165) is 70.0 Å². The lowest BCUT2D eigenvalue weighted by molar-refractivity contribution is -0.150. The first-order valence-electron chi connectivity index (χ1n) is 26.1. The van der Waals surface area contributed by atoms with Crippen LogP contribution in [-0.2, 0) is 32.2 Å². The fourth-order valence-electron chi connectivity index (χ4n) is 8.27. The van der Waals surface area contributed by atoms with Gasteiger partial charge in [-0.25, -0.2) is 0 Å². The Morgan fingerprint density at radius 3 is 1.18 bits per heavy atom. The second kappa shape index (κ2) is 41.1. The van der Waals surface area contributed by atoms with Gasteiger partial charge in [0.2, 0.25) is 0 Å². The molecule has 0 N–H and O–H groups in total. The normalized spacial score (nSPS) is 12.7. The van der Waals surface area contributed by atoms with E-state index in [0.29, 0.717) is 32.5 Å². The minimum Gasteiger partial charge on any atom is -0.462 e. The van der Waals surface area contributed by atoms with Gasteiger partial charge in [-0.15, -0.1) is 0 Å². The third-order valence-electron chi connectivity index (χ3n) is 12.2. The number of likely N-dealkylation sites (N-methyl/N-ethyl adjacent to an activating group) is 1. The van der Waals surface area contributed by atoms with Gasteiger partial charge in [0, 0.05) is 37.9 Å². The molecule has 0 bridgehead atoms. The maximum atomic E-state index is 13.5. The summed E-state index contributed by atoms with van der Waals surface area (Å²) in [6.07, 6.45) is 44.1. The summed E-state index contributed by atoms with van der Waals surface area (Å²) in [7, 11) is 4.15. The SMILES string of the molecule is CCCCCCCCCCC(CCCCCCCC)OC(=O)CCN(CCC(=O)OC(CCCCCCCC)CCCCCCCCCC)Cc1cnn(CCN(C)C)c1. The summed E-state index contributed by atoms with van der Waals surface area (Å²) in [5.74, 6) is -0.215. The second-order valence-electron chi connectivity index (χ2n) is 18.6. The van der Waals surface area contributed by atoms with Crippen molar-refractivity contribution in [2.24, 2.45) is 0 Å². The van der Waals surface area contributed by atoms with Crippen LogP contribution >= 0.6 is 0 Å². The maximum absolute atomic E-state index is 13.5. The van der Waals surface area contributed by atoms with E-state index in [4.69, 9.17) is 9.47 Å². The third-order valence-corrected chi connectivity index (χ3v) is 12.2. The van der Waals surface area contributed by atoms with Gasteiger partial charge in [-0.2, -0.15) is 5.10 Å². The molecule has 0 aromatic carbocycles. The van der Waals surface area contributed by atoms with E-state index in [9.17, 15) is 9.59 Å². The van der Waals surface area contributed by atoms with Crippen LogP contribution in [0.5, 0.6) is 0 Å². The van der Waals surface area contributed by atoms with E-state index in [2.05, 4.69) is 62.9 Å². The highest BCUT2D eigenvalue weighted by Crippen LogP contribution is 2.20. The van der Waals surface area contributed by atoms with Crippen molar-refractivity contribution in [1.82, 2.24) is 19.6 Å². The number of ether oxygens (including phenoxy) is 2. The van der Waals surface area contributed by atoms with Crippen LogP contribution in [0.2, 0.25) is 0 Å². The van der Waals surface area contributed by atoms with Crippen LogP contribution < -0.4 is 0 Å². The predicted octanol–water partition coefficient (Wildman–Crippen LogP) is 14.4. The molecule has 0 amide bonds. The first-order chi connectivity index (χ1) is 29.3. The molecule has 1 aromatic heterocycles. The zero-order valence-electron chi connectivity index (χ0n) is 40.8. The first kappa shape index (κ1) is 56.1. The standard InChI is InChI=1S/C52H100N4O4/c1-7-11-15-19-23-25-29-33-37-49(35-31-27-21-17-13-9-3)59-51(57)39-41-55(46-48-45-53-56(47-48)44-43-54(5)6)42-40-52(58)60-50(36-32-28-22-18-14-10-4)38-34-30-26-24-20-16-12-8-2/h45,47,49-50H,7-44,46H2,1-6H3. The van der Waals surface area contributed by atoms with Crippen molar-refractivity contribution in [2.45, 2.75) is 271 Å². The van der Waals surface area contributed by atoms with E-state index in [1.807, 2.05) is 10.9 Å². The summed E-state index contributed by atoms with van der Waals surface area (Å²) in [5, 5.41) is 4.61. The van der Waals surface area contributed by atoms with Crippen LogP contribution in [0.25, 0.3) is 0 Å². The van der Waals surface area contributed by atoms with E-state index < -0.39 is 0 Å². The molecule has 8 heteroatoms. The van der Waals surface area contributed by atoms with Gasteiger partial charge < -0.3 is 14.4 Å². The fraction of sp³-hybridized carbons (Fsp3) is 0.904. The van der Waals surface area contributed by atoms with Crippen LogP contribution in [0.4, 0.5) is 0 Å². The van der Waals surface area contributed by atoms with E-state index >= 15 is 0 Å². The summed E-state index contributed by atoms with van der Waals surface area (Å²) >= 11 is 0. The van der Waals surface area contributed by atoms with Crippen LogP contribution in [-0.4, -0.2) is 77.5 Å². The molecule has 0 aliphatic carbocycles. The lowest BCUT2D eigenvalue weighted by Gasteiger charge is -2.23. The van der Waals surface area contributed by atoms with Gasteiger partial charge >= 0.3 is 11.9 Å². The molecule has 2 atom stereocenters. The van der Waals surface area contributed by atoms with E-state index in [-0.39, 0.29) is 24.1 Å². The fourth-order valence-corrected chi connectivity index (χ4v) is 8.27. The van der Waals surface area contributed by atoms with Crippen molar-refractivity contribution in [3.63, 3.8) is 0 Å². The van der Waals surface area contributed by atoms with Crippen molar-refractivity contribution >= 4 is 11.9 Å². The summed E-state index contributed by atoms with van der Waals surface area (Å²) in [5.41, 5.74) is 1.10. The molecular weight excluding hydrogens is 745 g/mol. The third kappa shape index (κ3) is 34.6. The van der Waals surface area contributed by atoms with Gasteiger partial charge in [0.1, 0.15) is 12.2 Å². The minimum atomic E-state index is -0.107. The number of esters is 2. The number of hydrogen-bond acceptors (Lipinski definition) is 7. The molecular formula is C52H100N4O4. The largest absolute Gasteiger partial charge is 0.462 e. The summed E-state index contributed by atoms with van der Waals surface area (Å²) < 4.78 is 14.5. The van der Waals surface area contributed by atoms with Gasteiger partial charge in [0.15, 0.2) is 0 Å². The maximum Gasteiger partial charge on any atom is 0.307 e. The number of nitrogens with zero attached hydrogens (tertiary/aromatic N) is 4. The Morgan fingerprint density at radius 1 is 0.517 bits per heavy atom. The monoisotopic (exact) mass is 845 g/mol. The van der Waals surface area contributed by atoms with Crippen LogP contribution in [0.1, 0.15) is 252 Å². The molecule has 0 saturated carbocycles. The highest BCUT2D eigenvalue weighted by Gasteiger charge is 2.19. The van der Waals surface area contributed by atoms with Crippen LogP contribution in [0.15, 0.2) is 12.4 Å². The molecule has 1 heterocycles. The summed E-state index contributed by atoms with van der Waals surface area (Å²) in [4.78, 5) is 31.4. The molecule has 1 rings (SSSR count). The van der Waals surface area contributed by atoms with Crippen molar-refractivity contribution in [3.05, 3.63) is 18.0 Å². The van der Waals surface area contributed by atoms with Crippen molar-refractivity contribution in [1.29, 1.82) is 0 Å². The molecule has 0 aliphatic rings. The molecule has 0 radical (unpaired) electrons. The zero-order chi connectivity index (χ0) is 43.7. The Labute approximate surface area is 372 Å². The Morgan fingerprint density at radius 2 is 0.850 bits per heavy atom. The number of carbonyl (C=O) groups is 2. The van der Waals surface area contributed by atoms with Crippen molar-refractivity contribution in [2.75, 3.05) is 33.7 Å². The Bertz CT molecular complexity index is 1040. The average molecular weight is 845 g/mol. The van der Waals surface area contributed by atoms with Gasteiger partial charge in [-0.05, 0) is 65.5 Å². The molecule has 0 spiro atoms. The number of carbonyl (C=O) groups excluding carboxylic acids is 2. The summed E-state index contributed by atoms with van der Waals surface area (Å²) in [6.45, 7) is 12.6. The number of rotatable bonds is 45. The topological polar surface area (TPSA) is 76.9 Å². The van der Waals surface area contributed by atoms with Gasteiger partial charge in [0.25, 0.3) is 0 Å². The van der Waals surface area contributed by atoms with Crippen LogP contribution in [0.3, 0.4) is 0 Å². The highest BCUT2D eigenvalue weighted by molar-refractivity contribution is 5.70. The summed E-state index contributed by atoms with van der Waals surface area (Å²) in [6, 6.07) is 0. The molecule has 352 valence electrons. The Hall–Kier alpha value is -1.93. The minimum absolute atomic E-state index is 0.00626. The number of aromatic nitrogens is 2. The predicted molar refractivity (Wildman–Crippen MR) is 255 cm³/mol. The van der Waals surface area contributed by atoms with Gasteiger partial charge in [-0.3, -0.25) is 19.2 Å².